The van der Waals surface area contributed by atoms with Gasteiger partial charge < -0.3 is 10.2 Å². The van der Waals surface area contributed by atoms with E-state index in [4.69, 9.17) is 10.2 Å². The van der Waals surface area contributed by atoms with E-state index in [0.717, 1.165) is 0 Å². The zero-order valence-corrected chi connectivity index (χ0v) is 24.7. The average molecular weight is 602 g/mol. The molecule has 2 nitrogen and oxygen atoms in total. The van der Waals surface area contributed by atoms with E-state index in [1.807, 2.05) is 6.92 Å². The van der Waals surface area contributed by atoms with Crippen LogP contribution in [0.25, 0.3) is 21.5 Å². The Morgan fingerprint density at radius 3 is 1.18 bits per heavy atom. The van der Waals surface area contributed by atoms with Crippen LogP contribution in [0.5, 0.6) is 11.5 Å². The van der Waals surface area contributed by atoms with Gasteiger partial charge in [0.25, 0.3) is 0 Å². The van der Waals surface area contributed by atoms with Gasteiger partial charge in [-0.15, -0.1) is 70.1 Å². The number of rotatable bonds is 0. The minimum atomic E-state index is -0.576. The summed E-state index contributed by atoms with van der Waals surface area (Å²) in [5.41, 5.74) is 2.74. The maximum Gasteiger partial charge on any atom is 0.164 e. The zero-order chi connectivity index (χ0) is 28.6. The molecule has 0 aliphatic heterocycles. The third-order valence-electron chi connectivity index (χ3n) is 5.50. The van der Waals surface area contributed by atoms with Gasteiger partial charge in [-0.2, -0.15) is 23.3 Å². The fraction of sp³-hybridized carbons (Fsp3) is 0.0882. The number of aromatic hydroxyl groups is 2. The van der Waals surface area contributed by atoms with Crippen LogP contribution in [0.1, 0.15) is 18.1 Å². The molecule has 0 aliphatic rings. The van der Waals surface area contributed by atoms with E-state index in [1.165, 1.54) is 93.3 Å². The van der Waals surface area contributed by atoms with Gasteiger partial charge in [-0.05, 0) is 24.3 Å². The molecule has 0 fully saturated rings. The van der Waals surface area contributed by atoms with Crippen molar-refractivity contribution in [1.29, 1.82) is 0 Å². The molecule has 0 saturated carbocycles. The number of hydrogen-bond acceptors (Lipinski definition) is 2. The van der Waals surface area contributed by atoms with Crippen molar-refractivity contribution in [2.24, 2.45) is 0 Å². The van der Waals surface area contributed by atoms with Gasteiger partial charge in [0.2, 0.25) is 0 Å². The monoisotopic (exact) mass is 600 g/mol. The molecule has 0 saturated heterocycles. The van der Waals surface area contributed by atoms with Crippen molar-refractivity contribution >= 4 is 25.3 Å². The molecule has 0 radical (unpaired) electrons. The normalized spacial score (nSPS) is 9.51. The van der Waals surface area contributed by atoms with Gasteiger partial charge in [0.05, 0.1) is 0 Å². The van der Waals surface area contributed by atoms with Crippen LogP contribution in [0.4, 0.5) is 8.78 Å². The first-order valence-electron chi connectivity index (χ1n) is 12.3. The fourth-order valence-corrected chi connectivity index (χ4v) is 3.52. The molecular weight excluding hydrogens is 570 g/mol. The Kier molecular flexibility index (Phi) is 13.8. The van der Waals surface area contributed by atoms with Crippen LogP contribution in [-0.4, -0.2) is 13.9 Å². The molecule has 6 aromatic rings. The van der Waals surface area contributed by atoms with E-state index in [0.29, 0.717) is 0 Å². The smallest absolute Gasteiger partial charge is 0.164 e. The average Bonchev–Trinajstić information content (AvgIpc) is 3.52. The Morgan fingerprint density at radius 1 is 0.590 bits per heavy atom. The van der Waals surface area contributed by atoms with Crippen LogP contribution >= 0.6 is 0 Å². The van der Waals surface area contributed by atoms with Crippen LogP contribution in [0.3, 0.4) is 0 Å². The van der Waals surface area contributed by atoms with E-state index in [1.54, 1.807) is 12.1 Å². The molecule has 198 valence electrons. The number of phenolic OH excluding ortho intramolecular Hbond substituents is 2. The Labute approximate surface area is 243 Å². The van der Waals surface area contributed by atoms with Crippen LogP contribution in [0.15, 0.2) is 121 Å². The first kappa shape index (κ1) is 31.5. The number of fused-ring (bicyclic) bond motifs is 2. The molecule has 0 spiro atoms. The molecule has 6 rings (SSSR count). The van der Waals surface area contributed by atoms with E-state index in [2.05, 4.69) is 90.4 Å². The van der Waals surface area contributed by atoms with Crippen molar-refractivity contribution in [3.05, 3.63) is 144 Å². The second kappa shape index (κ2) is 17.0. The summed E-state index contributed by atoms with van der Waals surface area (Å²) in [6, 6.07) is 36.7. The first-order valence-corrected chi connectivity index (χ1v) is 13.7. The number of aryl methyl sites for hydroxylation is 2. The van der Waals surface area contributed by atoms with E-state index >= 15 is 0 Å². The minimum Gasteiger partial charge on any atom is -0.505 e. The Morgan fingerprint density at radius 2 is 0.897 bits per heavy atom. The molecule has 39 heavy (non-hydrogen) atoms. The van der Waals surface area contributed by atoms with Gasteiger partial charge in [-0.1, -0.05) is 50.2 Å². The number of halogens is 2. The second-order valence-corrected chi connectivity index (χ2v) is 9.82. The molecular formula is C34H32F2O2Zr. The molecule has 0 atom stereocenters. The summed E-state index contributed by atoms with van der Waals surface area (Å²) in [6.07, 6.45) is 0. The summed E-state index contributed by atoms with van der Waals surface area (Å²) < 4.78 is 26.2. The molecule has 0 bridgehead atoms. The van der Waals surface area contributed by atoms with Crippen LogP contribution in [0, 0.1) is 25.5 Å². The van der Waals surface area contributed by atoms with Crippen molar-refractivity contribution in [2.45, 2.75) is 20.8 Å². The predicted octanol–water partition coefficient (Wildman–Crippen LogP) is 9.15. The molecule has 6 aromatic carbocycles. The van der Waals surface area contributed by atoms with Gasteiger partial charge in [0.15, 0.2) is 23.1 Å². The van der Waals surface area contributed by atoms with Crippen molar-refractivity contribution in [3.63, 3.8) is 0 Å². The SMILES string of the molecule is C[CH]=[Zr+2].Cc1c[cH-]c2ccccc12.Cc1c[cH-]c2ccccc12.Oc1ccccc1F.Oc1ccccc1F. The molecule has 0 aliphatic carbocycles. The van der Waals surface area contributed by atoms with Gasteiger partial charge >= 0.3 is 34.9 Å². The zero-order valence-electron chi connectivity index (χ0n) is 22.3. The Bertz CT molecular complexity index is 1410. The van der Waals surface area contributed by atoms with Crippen LogP contribution in [0.2, 0.25) is 0 Å². The topological polar surface area (TPSA) is 40.5 Å². The summed E-state index contributed by atoms with van der Waals surface area (Å²) in [6.45, 7) is 6.32. The van der Waals surface area contributed by atoms with Crippen molar-refractivity contribution in [2.75, 3.05) is 0 Å². The van der Waals surface area contributed by atoms with Crippen molar-refractivity contribution < 1.29 is 43.2 Å². The van der Waals surface area contributed by atoms with Crippen molar-refractivity contribution in [1.82, 2.24) is 0 Å². The fourth-order valence-electron chi connectivity index (χ4n) is 3.52. The summed E-state index contributed by atoms with van der Waals surface area (Å²) in [5.74, 6) is -1.75. The molecule has 0 amide bonds. The Balaban J connectivity index is 0.000000177. The number of hydrogen-bond donors (Lipinski definition) is 2. The minimum absolute atomic E-state index is 0.299. The van der Waals surface area contributed by atoms with E-state index in [-0.39, 0.29) is 11.5 Å². The maximum absolute atomic E-state index is 12.1. The second-order valence-electron chi connectivity index (χ2n) is 8.40. The standard InChI is InChI=1S/2C10H9.2C6H5FO.C2H4.Zr/c2*1-8-6-7-9-4-2-3-5-10(8)9;2*7-5-3-1-2-4-6(5)8;1-2;/h2*2-7H,1H3;2*1-4,8H;1H,2H3;/q2*-1;;;;+2. The number of phenols is 2. The van der Waals surface area contributed by atoms with Crippen LogP contribution in [-0.2, 0) is 24.2 Å². The number of benzene rings is 4. The summed E-state index contributed by atoms with van der Waals surface area (Å²) >= 11 is 1.51. The molecule has 2 N–H and O–H groups in total. The molecule has 0 aromatic heterocycles. The van der Waals surface area contributed by atoms with Crippen molar-refractivity contribution in [3.8, 4) is 11.5 Å². The van der Waals surface area contributed by atoms with Gasteiger partial charge in [0.1, 0.15) is 0 Å². The van der Waals surface area contributed by atoms with Gasteiger partial charge in [-0.25, -0.2) is 8.78 Å². The summed E-state index contributed by atoms with van der Waals surface area (Å²) in [7, 11) is 0. The summed E-state index contributed by atoms with van der Waals surface area (Å²) in [4.78, 5) is 0. The maximum atomic E-state index is 12.1. The molecule has 5 heteroatoms. The Hall–Kier alpha value is -3.69. The quantitative estimate of drug-likeness (QED) is 0.171. The van der Waals surface area contributed by atoms with E-state index in [9.17, 15) is 8.78 Å². The molecule has 0 unspecified atom stereocenters. The first-order chi connectivity index (χ1) is 18.8. The largest absolute Gasteiger partial charge is 0.505 e. The summed E-state index contributed by atoms with van der Waals surface area (Å²) in [5, 5.41) is 22.5. The molecule has 0 heterocycles. The number of para-hydroxylation sites is 2. The predicted molar refractivity (Wildman–Crippen MR) is 156 cm³/mol. The van der Waals surface area contributed by atoms with Gasteiger partial charge in [-0.3, -0.25) is 0 Å². The third kappa shape index (κ3) is 10.5. The van der Waals surface area contributed by atoms with Gasteiger partial charge in [0, 0.05) is 0 Å². The van der Waals surface area contributed by atoms with E-state index < -0.39 is 11.6 Å². The third-order valence-corrected chi connectivity index (χ3v) is 5.50. The van der Waals surface area contributed by atoms with Crippen LogP contribution < -0.4 is 0 Å².